The largest absolute Gasteiger partial charge is 0.368 e. The Morgan fingerprint density at radius 1 is 0.909 bits per heavy atom. The Bertz CT molecular complexity index is 658. The highest BCUT2D eigenvalue weighted by Gasteiger charge is 2.11. The van der Waals surface area contributed by atoms with Gasteiger partial charge < -0.3 is 11.5 Å². The van der Waals surface area contributed by atoms with E-state index in [1.165, 1.54) is 6.42 Å². The van der Waals surface area contributed by atoms with Gasteiger partial charge in [0.25, 0.3) is 0 Å². The topological polar surface area (TPSA) is 119 Å². The van der Waals surface area contributed by atoms with Crippen LogP contribution in [0.3, 0.4) is 0 Å². The molecule has 1 aliphatic rings. The molecule has 0 unspecified atom stereocenters. The summed E-state index contributed by atoms with van der Waals surface area (Å²) in [6.45, 7) is 1.88. The van der Waals surface area contributed by atoms with Crippen LogP contribution in [0.5, 0.6) is 0 Å². The molecule has 1 saturated heterocycles. The van der Waals surface area contributed by atoms with E-state index in [-0.39, 0.29) is 11.9 Å². The Balaban J connectivity index is 1.90. The third-order valence-corrected chi connectivity index (χ3v) is 3.43. The van der Waals surface area contributed by atoms with E-state index in [9.17, 15) is 0 Å². The number of aromatic nitrogens is 3. The number of piperidine rings is 1. The first-order valence-electron chi connectivity index (χ1n) is 7.25. The maximum atomic E-state index is 5.63. The number of hydrogen-bond acceptors (Lipinski definition) is 7. The first-order chi connectivity index (χ1) is 10.7. The lowest BCUT2D eigenvalue weighted by atomic mass is 10.1. The zero-order valence-corrected chi connectivity index (χ0v) is 12.2. The predicted molar refractivity (Wildman–Crippen MR) is 84.0 cm³/mol. The molecule has 2 heterocycles. The van der Waals surface area contributed by atoms with Crippen molar-refractivity contribution in [2.45, 2.75) is 19.3 Å². The number of nitrogens with two attached hydrogens (primary N) is 2. The van der Waals surface area contributed by atoms with Gasteiger partial charge in [0.2, 0.25) is 11.9 Å². The number of rotatable bonds is 3. The fraction of sp³-hybridized carbons (Fsp3) is 0.357. The number of nitrogens with zero attached hydrogens (tertiary/aromatic N) is 6. The van der Waals surface area contributed by atoms with Crippen molar-refractivity contribution in [3.05, 3.63) is 24.3 Å². The smallest absolute Gasteiger partial charge is 0.225 e. The van der Waals surface area contributed by atoms with Crippen LogP contribution in [-0.4, -0.2) is 33.1 Å². The van der Waals surface area contributed by atoms with Gasteiger partial charge in [0.15, 0.2) is 5.82 Å². The van der Waals surface area contributed by atoms with E-state index in [0.717, 1.165) is 31.5 Å². The average Bonchev–Trinajstić information content (AvgIpc) is 2.53. The number of anilines is 2. The molecule has 8 nitrogen and oxygen atoms in total. The summed E-state index contributed by atoms with van der Waals surface area (Å²) < 4.78 is 0. The van der Waals surface area contributed by atoms with Crippen molar-refractivity contribution >= 4 is 17.6 Å². The van der Waals surface area contributed by atoms with Crippen molar-refractivity contribution in [2.24, 2.45) is 10.3 Å². The summed E-state index contributed by atoms with van der Waals surface area (Å²) in [5.41, 5.74) is 12.7. The summed E-state index contributed by atoms with van der Waals surface area (Å²) in [6.07, 6.45) is 3.56. The van der Waals surface area contributed by atoms with E-state index in [2.05, 4.69) is 25.3 Å². The molecule has 0 aliphatic carbocycles. The predicted octanol–water partition coefficient (Wildman–Crippen LogP) is 2.19. The number of nitrogen functional groups attached to an aromatic ring is 2. The monoisotopic (exact) mass is 298 g/mol. The lowest BCUT2D eigenvalue weighted by molar-refractivity contribution is 0.224. The molecule has 114 valence electrons. The zero-order valence-electron chi connectivity index (χ0n) is 12.2. The van der Waals surface area contributed by atoms with Gasteiger partial charge in [-0.05, 0) is 31.4 Å². The molecule has 0 saturated carbocycles. The number of hydrogen-bond donors (Lipinski definition) is 2. The van der Waals surface area contributed by atoms with E-state index in [4.69, 9.17) is 11.5 Å². The standard InChI is InChI=1S/C14H18N8/c15-13-17-12(18-14(16)19-13)10-6-2-3-7-11(10)20-21-22-8-4-1-5-9-22/h2-3,6-7H,1,4-5,8-9H2,(H4,15,16,17,18,19). The molecule has 0 amide bonds. The summed E-state index contributed by atoms with van der Waals surface area (Å²) in [5.74, 6) is 0.578. The van der Waals surface area contributed by atoms with Crippen LogP contribution in [0.15, 0.2) is 34.6 Å². The Morgan fingerprint density at radius 3 is 2.32 bits per heavy atom. The molecular weight excluding hydrogens is 280 g/mol. The molecular formula is C14H18N8. The molecule has 8 heteroatoms. The number of benzene rings is 1. The van der Waals surface area contributed by atoms with Crippen LogP contribution in [0.4, 0.5) is 17.6 Å². The highest BCUT2D eigenvalue weighted by molar-refractivity contribution is 5.71. The fourth-order valence-electron chi connectivity index (χ4n) is 2.36. The van der Waals surface area contributed by atoms with Gasteiger partial charge in [-0.3, -0.25) is 5.01 Å². The second-order valence-electron chi connectivity index (χ2n) is 5.10. The minimum absolute atomic E-state index is 0.0882. The molecule has 3 rings (SSSR count). The summed E-state index contributed by atoms with van der Waals surface area (Å²) >= 11 is 0. The first-order valence-corrected chi connectivity index (χ1v) is 7.25. The van der Waals surface area contributed by atoms with Gasteiger partial charge in [-0.25, -0.2) is 0 Å². The Hall–Kier alpha value is -2.77. The van der Waals surface area contributed by atoms with Gasteiger partial charge in [0.1, 0.15) is 0 Å². The van der Waals surface area contributed by atoms with Gasteiger partial charge in [0.05, 0.1) is 5.69 Å². The Morgan fingerprint density at radius 2 is 1.59 bits per heavy atom. The third-order valence-electron chi connectivity index (χ3n) is 3.43. The summed E-state index contributed by atoms with van der Waals surface area (Å²) in [4.78, 5) is 12.0. The highest BCUT2D eigenvalue weighted by atomic mass is 15.5. The van der Waals surface area contributed by atoms with Crippen LogP contribution in [0, 0.1) is 0 Å². The molecule has 2 aromatic rings. The van der Waals surface area contributed by atoms with Crippen molar-refractivity contribution in [3.8, 4) is 11.4 Å². The average molecular weight is 298 g/mol. The van der Waals surface area contributed by atoms with Crippen molar-refractivity contribution < 1.29 is 0 Å². The molecule has 1 aliphatic heterocycles. The maximum absolute atomic E-state index is 5.63. The van der Waals surface area contributed by atoms with E-state index >= 15 is 0 Å². The van der Waals surface area contributed by atoms with E-state index in [1.807, 2.05) is 29.3 Å². The van der Waals surface area contributed by atoms with E-state index < -0.39 is 0 Å². The zero-order chi connectivity index (χ0) is 15.4. The third kappa shape index (κ3) is 3.27. The molecule has 0 spiro atoms. The second kappa shape index (κ2) is 6.33. The summed E-state index contributed by atoms with van der Waals surface area (Å²) in [7, 11) is 0. The fourth-order valence-corrected chi connectivity index (χ4v) is 2.36. The molecule has 0 radical (unpaired) electrons. The summed E-state index contributed by atoms with van der Waals surface area (Å²) in [5, 5.41) is 10.6. The minimum atomic E-state index is 0.0882. The molecule has 1 fully saturated rings. The van der Waals surface area contributed by atoms with Crippen molar-refractivity contribution in [1.82, 2.24) is 20.0 Å². The van der Waals surface area contributed by atoms with Gasteiger partial charge in [0, 0.05) is 18.7 Å². The van der Waals surface area contributed by atoms with Gasteiger partial charge in [-0.2, -0.15) is 15.0 Å². The Kier molecular flexibility index (Phi) is 4.08. The van der Waals surface area contributed by atoms with Crippen LogP contribution < -0.4 is 11.5 Å². The lowest BCUT2D eigenvalue weighted by Crippen LogP contribution is -2.23. The molecule has 4 N–H and O–H groups in total. The van der Waals surface area contributed by atoms with Crippen molar-refractivity contribution in [3.63, 3.8) is 0 Å². The first kappa shape index (κ1) is 14.2. The molecule has 0 atom stereocenters. The highest BCUT2D eigenvalue weighted by Crippen LogP contribution is 2.28. The van der Waals surface area contributed by atoms with Crippen molar-refractivity contribution in [1.29, 1.82) is 0 Å². The summed E-state index contributed by atoms with van der Waals surface area (Å²) in [6, 6.07) is 7.49. The minimum Gasteiger partial charge on any atom is -0.368 e. The maximum Gasteiger partial charge on any atom is 0.225 e. The van der Waals surface area contributed by atoms with Gasteiger partial charge in [-0.1, -0.05) is 17.4 Å². The van der Waals surface area contributed by atoms with Crippen LogP contribution >= 0.6 is 0 Å². The van der Waals surface area contributed by atoms with Crippen LogP contribution in [-0.2, 0) is 0 Å². The normalized spacial score (nSPS) is 15.4. The van der Waals surface area contributed by atoms with E-state index in [1.54, 1.807) is 0 Å². The SMILES string of the molecule is Nc1nc(N)nc(-c2ccccc2N=NN2CCCCC2)n1. The van der Waals surface area contributed by atoms with Crippen LogP contribution in [0.1, 0.15) is 19.3 Å². The van der Waals surface area contributed by atoms with Crippen LogP contribution in [0.25, 0.3) is 11.4 Å². The van der Waals surface area contributed by atoms with E-state index in [0.29, 0.717) is 11.5 Å². The quantitative estimate of drug-likeness (QED) is 0.838. The second-order valence-corrected chi connectivity index (χ2v) is 5.10. The molecule has 1 aromatic carbocycles. The van der Waals surface area contributed by atoms with Crippen LogP contribution in [0.2, 0.25) is 0 Å². The van der Waals surface area contributed by atoms with Gasteiger partial charge >= 0.3 is 0 Å². The molecule has 0 bridgehead atoms. The van der Waals surface area contributed by atoms with Gasteiger partial charge in [-0.15, -0.1) is 5.11 Å². The Labute approximate surface area is 128 Å². The lowest BCUT2D eigenvalue weighted by Gasteiger charge is -2.21. The van der Waals surface area contributed by atoms with Crippen molar-refractivity contribution in [2.75, 3.05) is 24.6 Å². The molecule has 1 aromatic heterocycles. The molecule has 22 heavy (non-hydrogen) atoms.